The molecule has 1 aromatic rings. The van der Waals surface area contributed by atoms with Crippen molar-refractivity contribution in [3.8, 4) is 0 Å². The van der Waals surface area contributed by atoms with Crippen molar-refractivity contribution < 1.29 is 5.11 Å². The minimum absolute atomic E-state index is 0.129. The van der Waals surface area contributed by atoms with E-state index in [1.165, 1.54) is 16.8 Å². The monoisotopic (exact) mass is 262 g/mol. The van der Waals surface area contributed by atoms with Crippen molar-refractivity contribution >= 4 is 5.69 Å². The summed E-state index contributed by atoms with van der Waals surface area (Å²) < 4.78 is 0. The van der Waals surface area contributed by atoms with E-state index in [9.17, 15) is 5.11 Å². The molecule has 0 aliphatic carbocycles. The van der Waals surface area contributed by atoms with Gasteiger partial charge in [-0.05, 0) is 36.5 Å². The van der Waals surface area contributed by atoms with Gasteiger partial charge in [-0.3, -0.25) is 0 Å². The van der Waals surface area contributed by atoms with Crippen LogP contribution in [-0.2, 0) is 13.0 Å². The molecule has 2 N–H and O–H groups in total. The molecule has 1 aliphatic rings. The molecule has 0 unspecified atom stereocenters. The molecule has 3 nitrogen and oxygen atoms in total. The highest BCUT2D eigenvalue weighted by Crippen LogP contribution is 2.27. The molecule has 0 bridgehead atoms. The van der Waals surface area contributed by atoms with Crippen molar-refractivity contribution in [2.24, 2.45) is 0 Å². The Balaban J connectivity index is 2.04. The Morgan fingerprint density at radius 1 is 1.32 bits per heavy atom. The van der Waals surface area contributed by atoms with Crippen LogP contribution in [0.2, 0.25) is 0 Å². The zero-order valence-corrected chi connectivity index (χ0v) is 12.4. The predicted octanol–water partition coefficient (Wildman–Crippen LogP) is 2.32. The summed E-state index contributed by atoms with van der Waals surface area (Å²) in [7, 11) is 2.15. The van der Waals surface area contributed by atoms with Crippen molar-refractivity contribution in [2.45, 2.75) is 45.2 Å². The first-order valence-corrected chi connectivity index (χ1v) is 7.33. The van der Waals surface area contributed by atoms with Crippen LogP contribution >= 0.6 is 0 Å². The average molecular weight is 262 g/mol. The molecule has 1 aromatic carbocycles. The minimum Gasteiger partial charge on any atom is -0.394 e. The van der Waals surface area contributed by atoms with Crippen molar-refractivity contribution in [2.75, 3.05) is 25.1 Å². The summed E-state index contributed by atoms with van der Waals surface area (Å²) in [5.41, 5.74) is 4.00. The Bertz CT molecular complexity index is 418. The molecule has 1 aliphatic heterocycles. The molecule has 0 spiro atoms. The van der Waals surface area contributed by atoms with E-state index in [2.05, 4.69) is 49.3 Å². The lowest BCUT2D eigenvalue weighted by atomic mass is 9.93. The van der Waals surface area contributed by atoms with Crippen LogP contribution in [0.3, 0.4) is 0 Å². The van der Waals surface area contributed by atoms with Crippen molar-refractivity contribution in [1.29, 1.82) is 0 Å². The van der Waals surface area contributed by atoms with Gasteiger partial charge in [0, 0.05) is 31.4 Å². The maximum Gasteiger partial charge on any atom is 0.0613 e. The first kappa shape index (κ1) is 14.4. The van der Waals surface area contributed by atoms with Gasteiger partial charge in [0.15, 0.2) is 0 Å². The Hall–Kier alpha value is -1.06. The average Bonchev–Trinajstić information content (AvgIpc) is 2.82. The molecule has 106 valence electrons. The zero-order valence-electron chi connectivity index (χ0n) is 12.4. The van der Waals surface area contributed by atoms with Gasteiger partial charge in [-0.25, -0.2) is 0 Å². The molecule has 0 amide bonds. The zero-order chi connectivity index (χ0) is 13.9. The first-order chi connectivity index (χ1) is 9.14. The number of nitrogens with zero attached hydrogens (tertiary/aromatic N) is 1. The molecule has 0 radical (unpaired) electrons. The normalized spacial score (nSPS) is 14.8. The third-order valence-corrected chi connectivity index (χ3v) is 4.60. The largest absolute Gasteiger partial charge is 0.394 e. The van der Waals surface area contributed by atoms with Gasteiger partial charge < -0.3 is 15.3 Å². The summed E-state index contributed by atoms with van der Waals surface area (Å²) in [6.45, 7) is 6.42. The second kappa shape index (κ2) is 5.93. The van der Waals surface area contributed by atoms with E-state index in [4.69, 9.17) is 0 Å². The summed E-state index contributed by atoms with van der Waals surface area (Å²) in [5, 5.41) is 13.1. The highest BCUT2D eigenvalue weighted by molar-refractivity contribution is 5.58. The molecular weight excluding hydrogens is 236 g/mol. The highest BCUT2D eigenvalue weighted by atomic mass is 16.3. The van der Waals surface area contributed by atoms with E-state index in [0.29, 0.717) is 0 Å². The number of rotatable bonds is 6. The number of hydrogen-bond acceptors (Lipinski definition) is 3. The Morgan fingerprint density at radius 2 is 2.05 bits per heavy atom. The van der Waals surface area contributed by atoms with Gasteiger partial charge in [-0.2, -0.15) is 0 Å². The summed E-state index contributed by atoms with van der Waals surface area (Å²) in [5.74, 6) is 0. The van der Waals surface area contributed by atoms with Crippen LogP contribution < -0.4 is 10.2 Å². The smallest absolute Gasteiger partial charge is 0.0613 e. The number of nitrogens with one attached hydrogen (secondary N) is 1. The molecule has 2 rings (SSSR count). The summed E-state index contributed by atoms with van der Waals surface area (Å²) in [6.07, 6.45) is 3.05. The summed E-state index contributed by atoms with van der Waals surface area (Å²) in [6, 6.07) is 6.72. The van der Waals surface area contributed by atoms with Gasteiger partial charge >= 0.3 is 0 Å². The fraction of sp³-hybridized carbons (Fsp3) is 0.625. The second-order valence-corrected chi connectivity index (χ2v) is 5.63. The lowest BCUT2D eigenvalue weighted by Crippen LogP contribution is -2.47. The molecule has 0 saturated carbocycles. The van der Waals surface area contributed by atoms with Crippen molar-refractivity contribution in [1.82, 2.24) is 5.32 Å². The van der Waals surface area contributed by atoms with Crippen LogP contribution in [0.25, 0.3) is 0 Å². The fourth-order valence-corrected chi connectivity index (χ4v) is 2.80. The van der Waals surface area contributed by atoms with Crippen molar-refractivity contribution in [3.63, 3.8) is 0 Å². The molecule has 0 aromatic heterocycles. The molecule has 3 heteroatoms. The van der Waals surface area contributed by atoms with Crippen LogP contribution in [-0.4, -0.2) is 30.8 Å². The topological polar surface area (TPSA) is 35.5 Å². The number of anilines is 1. The molecule has 19 heavy (non-hydrogen) atoms. The van der Waals surface area contributed by atoms with Crippen LogP contribution in [0, 0.1) is 0 Å². The quantitative estimate of drug-likeness (QED) is 0.826. The van der Waals surface area contributed by atoms with Gasteiger partial charge in [0.25, 0.3) is 0 Å². The number of aliphatic hydroxyl groups is 1. The van der Waals surface area contributed by atoms with Crippen molar-refractivity contribution in [3.05, 3.63) is 29.3 Å². The lowest BCUT2D eigenvalue weighted by molar-refractivity contribution is 0.149. The Morgan fingerprint density at radius 3 is 2.68 bits per heavy atom. The Labute approximate surface area is 116 Å². The predicted molar refractivity (Wildman–Crippen MR) is 80.7 cm³/mol. The molecule has 1 heterocycles. The minimum atomic E-state index is -0.129. The SMILES string of the molecule is CCC(CC)(CO)NCc1ccc2c(c1)CCN2C. The highest BCUT2D eigenvalue weighted by Gasteiger charge is 2.24. The number of aliphatic hydroxyl groups excluding tert-OH is 1. The number of fused-ring (bicyclic) bond motifs is 1. The third-order valence-electron chi connectivity index (χ3n) is 4.60. The van der Waals surface area contributed by atoms with Gasteiger partial charge in [-0.1, -0.05) is 26.0 Å². The maximum atomic E-state index is 9.57. The molecule has 0 saturated heterocycles. The van der Waals surface area contributed by atoms with Crippen LogP contribution in [0.15, 0.2) is 18.2 Å². The van der Waals surface area contributed by atoms with E-state index in [0.717, 1.165) is 32.4 Å². The van der Waals surface area contributed by atoms with Crippen LogP contribution in [0.4, 0.5) is 5.69 Å². The van der Waals surface area contributed by atoms with Crippen LogP contribution in [0.1, 0.15) is 37.8 Å². The lowest BCUT2D eigenvalue weighted by Gasteiger charge is -2.31. The molecule has 0 atom stereocenters. The summed E-state index contributed by atoms with van der Waals surface area (Å²) >= 11 is 0. The van der Waals surface area contributed by atoms with E-state index in [-0.39, 0.29) is 12.1 Å². The maximum absolute atomic E-state index is 9.57. The third kappa shape index (κ3) is 2.93. The molecular formula is C16H26N2O. The van der Waals surface area contributed by atoms with Gasteiger partial charge in [0.05, 0.1) is 6.61 Å². The first-order valence-electron chi connectivity index (χ1n) is 7.33. The number of hydrogen-bond donors (Lipinski definition) is 2. The fourth-order valence-electron chi connectivity index (χ4n) is 2.80. The van der Waals surface area contributed by atoms with Gasteiger partial charge in [-0.15, -0.1) is 0 Å². The number of likely N-dealkylation sites (N-methyl/N-ethyl adjacent to an activating group) is 1. The van der Waals surface area contributed by atoms with E-state index in [1.54, 1.807) is 0 Å². The standard InChI is InChI=1S/C16H26N2O/c1-4-16(5-2,12-19)17-11-13-6-7-15-14(10-13)8-9-18(15)3/h6-7,10,17,19H,4-5,8-9,11-12H2,1-3H3. The molecule has 0 fully saturated rings. The van der Waals surface area contributed by atoms with Gasteiger partial charge in [0.2, 0.25) is 0 Å². The Kier molecular flexibility index (Phi) is 4.48. The summed E-state index contributed by atoms with van der Waals surface area (Å²) in [4.78, 5) is 2.31. The van der Waals surface area contributed by atoms with Gasteiger partial charge in [0.1, 0.15) is 0 Å². The number of benzene rings is 1. The van der Waals surface area contributed by atoms with Crippen LogP contribution in [0.5, 0.6) is 0 Å². The van der Waals surface area contributed by atoms with E-state index in [1.807, 2.05) is 0 Å². The van der Waals surface area contributed by atoms with E-state index < -0.39 is 0 Å². The second-order valence-electron chi connectivity index (χ2n) is 5.63. The van der Waals surface area contributed by atoms with E-state index >= 15 is 0 Å².